The Bertz CT molecular complexity index is 847. The van der Waals surface area contributed by atoms with Crippen molar-refractivity contribution < 1.29 is 33.3 Å². The predicted octanol–water partition coefficient (Wildman–Crippen LogP) is 2.85. The highest BCUT2D eigenvalue weighted by molar-refractivity contribution is 5.92. The van der Waals surface area contributed by atoms with Crippen molar-refractivity contribution in [1.82, 2.24) is 0 Å². The van der Waals surface area contributed by atoms with Crippen LogP contribution in [0.5, 0.6) is 11.5 Å². The number of esters is 2. The molecule has 7 nitrogen and oxygen atoms in total. The minimum Gasteiger partial charge on any atom is -0.486 e. The molecule has 3 rings (SSSR count). The fourth-order valence-electron chi connectivity index (χ4n) is 2.97. The molecule has 0 aliphatic carbocycles. The van der Waals surface area contributed by atoms with Crippen molar-refractivity contribution in [3.8, 4) is 11.5 Å². The molecular formula is C21H22O7. The molecule has 0 amide bonds. The summed E-state index contributed by atoms with van der Waals surface area (Å²) in [5, 5.41) is 0. The van der Waals surface area contributed by atoms with Gasteiger partial charge in [0.2, 0.25) is 0 Å². The Morgan fingerprint density at radius 3 is 2.57 bits per heavy atom. The van der Waals surface area contributed by atoms with Crippen LogP contribution in [0, 0.1) is 6.92 Å². The first-order valence-corrected chi connectivity index (χ1v) is 8.81. The quantitative estimate of drug-likeness (QED) is 0.706. The molecule has 0 bridgehead atoms. The lowest BCUT2D eigenvalue weighted by molar-refractivity contribution is -0.159. The smallest absolute Gasteiger partial charge is 0.340 e. The van der Waals surface area contributed by atoms with Crippen molar-refractivity contribution in [2.24, 2.45) is 0 Å². The number of ether oxygens (including phenoxy) is 5. The molecule has 1 heterocycles. The van der Waals surface area contributed by atoms with Crippen LogP contribution in [0.4, 0.5) is 0 Å². The number of benzene rings is 2. The SMILES string of the molecule is COC(=O)c1ccc2c(c1C)OC(COC(=O)C(OC)c1ccccc1)CO2. The summed E-state index contributed by atoms with van der Waals surface area (Å²) < 4.78 is 27.0. The molecule has 0 N–H and O–H groups in total. The Morgan fingerprint density at radius 1 is 1.14 bits per heavy atom. The van der Waals surface area contributed by atoms with E-state index in [2.05, 4.69) is 0 Å². The number of carbonyl (C=O) groups is 2. The normalized spacial score (nSPS) is 16.2. The number of carbonyl (C=O) groups excluding carboxylic acids is 2. The molecule has 2 unspecified atom stereocenters. The van der Waals surface area contributed by atoms with Crippen LogP contribution in [-0.4, -0.2) is 45.5 Å². The monoisotopic (exact) mass is 386 g/mol. The van der Waals surface area contributed by atoms with E-state index in [0.29, 0.717) is 28.2 Å². The molecule has 28 heavy (non-hydrogen) atoms. The predicted molar refractivity (Wildman–Crippen MR) is 99.6 cm³/mol. The summed E-state index contributed by atoms with van der Waals surface area (Å²) in [5.74, 6) is 0.0136. The lowest BCUT2D eigenvalue weighted by atomic mass is 10.1. The topological polar surface area (TPSA) is 80.3 Å². The minimum absolute atomic E-state index is 0.00708. The van der Waals surface area contributed by atoms with Crippen LogP contribution in [-0.2, 0) is 19.0 Å². The van der Waals surface area contributed by atoms with E-state index >= 15 is 0 Å². The summed E-state index contributed by atoms with van der Waals surface area (Å²) in [5.41, 5.74) is 1.71. The molecule has 2 aromatic carbocycles. The average Bonchev–Trinajstić information content (AvgIpc) is 2.73. The second kappa shape index (κ2) is 8.75. The van der Waals surface area contributed by atoms with Gasteiger partial charge in [-0.05, 0) is 24.6 Å². The second-order valence-corrected chi connectivity index (χ2v) is 6.26. The number of fused-ring (bicyclic) bond motifs is 1. The number of methoxy groups -OCH3 is 2. The third-order valence-corrected chi connectivity index (χ3v) is 4.45. The number of rotatable bonds is 6. The van der Waals surface area contributed by atoms with Crippen molar-refractivity contribution in [2.75, 3.05) is 27.4 Å². The van der Waals surface area contributed by atoms with Crippen molar-refractivity contribution in [2.45, 2.75) is 19.1 Å². The van der Waals surface area contributed by atoms with Crippen LogP contribution >= 0.6 is 0 Å². The molecule has 2 aromatic rings. The Balaban J connectivity index is 1.66. The van der Waals surface area contributed by atoms with Crippen molar-refractivity contribution in [3.63, 3.8) is 0 Å². The van der Waals surface area contributed by atoms with E-state index in [1.54, 1.807) is 31.2 Å². The number of hydrogen-bond donors (Lipinski definition) is 0. The van der Waals surface area contributed by atoms with Gasteiger partial charge in [0.25, 0.3) is 0 Å². The standard InChI is InChI=1S/C21H22O7/c1-13-16(20(22)25-3)9-10-17-18(13)28-15(11-26-17)12-27-21(23)19(24-2)14-7-5-4-6-8-14/h4-10,15,19H,11-12H2,1-3H3. The maximum atomic E-state index is 12.4. The summed E-state index contributed by atoms with van der Waals surface area (Å²) in [6.45, 7) is 1.96. The van der Waals surface area contributed by atoms with E-state index in [4.69, 9.17) is 23.7 Å². The van der Waals surface area contributed by atoms with Gasteiger partial charge in [-0.2, -0.15) is 0 Å². The summed E-state index contributed by atoms with van der Waals surface area (Å²) in [6, 6.07) is 12.4. The molecule has 2 atom stereocenters. The zero-order valence-electron chi connectivity index (χ0n) is 16.0. The van der Waals surface area contributed by atoms with Crippen molar-refractivity contribution in [3.05, 3.63) is 59.2 Å². The molecule has 0 saturated carbocycles. The Morgan fingerprint density at radius 2 is 1.89 bits per heavy atom. The molecule has 0 saturated heterocycles. The third kappa shape index (κ3) is 4.09. The van der Waals surface area contributed by atoms with Gasteiger partial charge in [0.15, 0.2) is 23.7 Å². The Labute approximate surface area is 163 Å². The van der Waals surface area contributed by atoms with Crippen LogP contribution in [0.25, 0.3) is 0 Å². The average molecular weight is 386 g/mol. The third-order valence-electron chi connectivity index (χ3n) is 4.45. The molecule has 0 aromatic heterocycles. The molecular weight excluding hydrogens is 364 g/mol. The summed E-state index contributed by atoms with van der Waals surface area (Å²) >= 11 is 0. The highest BCUT2D eigenvalue weighted by atomic mass is 16.6. The van der Waals surface area contributed by atoms with Gasteiger partial charge in [-0.1, -0.05) is 30.3 Å². The van der Waals surface area contributed by atoms with Gasteiger partial charge in [0.1, 0.15) is 13.2 Å². The Hall–Kier alpha value is -3.06. The summed E-state index contributed by atoms with van der Waals surface area (Å²) in [7, 11) is 2.77. The van der Waals surface area contributed by atoms with Gasteiger partial charge in [0.05, 0.1) is 12.7 Å². The molecule has 1 aliphatic heterocycles. The summed E-state index contributed by atoms with van der Waals surface area (Å²) in [4.78, 5) is 24.3. The molecule has 1 aliphatic rings. The van der Waals surface area contributed by atoms with Crippen molar-refractivity contribution >= 4 is 11.9 Å². The Kier molecular flexibility index (Phi) is 6.16. The zero-order chi connectivity index (χ0) is 20.1. The van der Waals surface area contributed by atoms with Crippen LogP contribution in [0.3, 0.4) is 0 Å². The molecule has 0 spiro atoms. The first-order chi connectivity index (χ1) is 13.5. The van der Waals surface area contributed by atoms with E-state index in [1.165, 1.54) is 14.2 Å². The van der Waals surface area contributed by atoms with Crippen LogP contribution in [0.2, 0.25) is 0 Å². The largest absolute Gasteiger partial charge is 0.486 e. The van der Waals surface area contributed by atoms with Gasteiger partial charge in [-0.15, -0.1) is 0 Å². The highest BCUT2D eigenvalue weighted by Gasteiger charge is 2.28. The van der Waals surface area contributed by atoms with Crippen LogP contribution in [0.1, 0.15) is 27.6 Å². The van der Waals surface area contributed by atoms with Gasteiger partial charge >= 0.3 is 11.9 Å². The molecule has 0 radical (unpaired) electrons. The molecule has 148 valence electrons. The van der Waals surface area contributed by atoms with E-state index in [1.807, 2.05) is 18.2 Å². The fourth-order valence-corrected chi connectivity index (χ4v) is 2.97. The second-order valence-electron chi connectivity index (χ2n) is 6.26. The zero-order valence-corrected chi connectivity index (χ0v) is 16.0. The van der Waals surface area contributed by atoms with E-state index in [0.717, 1.165) is 0 Å². The number of hydrogen-bond acceptors (Lipinski definition) is 7. The lowest BCUT2D eigenvalue weighted by Gasteiger charge is -2.28. The maximum absolute atomic E-state index is 12.4. The van der Waals surface area contributed by atoms with Crippen LogP contribution in [0.15, 0.2) is 42.5 Å². The minimum atomic E-state index is -0.814. The van der Waals surface area contributed by atoms with E-state index in [9.17, 15) is 9.59 Å². The van der Waals surface area contributed by atoms with E-state index < -0.39 is 24.1 Å². The lowest BCUT2D eigenvalue weighted by Crippen LogP contribution is -2.35. The molecule has 7 heteroatoms. The van der Waals surface area contributed by atoms with Gasteiger partial charge in [-0.3, -0.25) is 0 Å². The first kappa shape index (κ1) is 19.7. The maximum Gasteiger partial charge on any atom is 0.340 e. The van der Waals surface area contributed by atoms with E-state index in [-0.39, 0.29) is 13.2 Å². The van der Waals surface area contributed by atoms with Gasteiger partial charge in [0, 0.05) is 12.7 Å². The summed E-state index contributed by atoms with van der Waals surface area (Å²) in [6.07, 6.45) is -1.32. The fraction of sp³-hybridized carbons (Fsp3) is 0.333. The van der Waals surface area contributed by atoms with Gasteiger partial charge < -0.3 is 23.7 Å². The molecule has 0 fully saturated rings. The van der Waals surface area contributed by atoms with Crippen molar-refractivity contribution in [1.29, 1.82) is 0 Å². The van der Waals surface area contributed by atoms with Gasteiger partial charge in [-0.25, -0.2) is 9.59 Å². The first-order valence-electron chi connectivity index (χ1n) is 8.81. The highest BCUT2D eigenvalue weighted by Crippen LogP contribution is 2.37. The van der Waals surface area contributed by atoms with Crippen LogP contribution < -0.4 is 9.47 Å².